The van der Waals surface area contributed by atoms with Crippen molar-refractivity contribution >= 4 is 11.8 Å². The summed E-state index contributed by atoms with van der Waals surface area (Å²) in [5, 5.41) is 8.53. The fraction of sp³-hybridized carbons (Fsp3) is 0.200. The maximum Gasteiger partial charge on any atom is 0.133 e. The minimum absolute atomic E-state index is 0.195. The Morgan fingerprint density at radius 1 is 1.29 bits per heavy atom. The highest BCUT2D eigenvalue weighted by molar-refractivity contribution is 6.09. The second-order valence-electron chi connectivity index (χ2n) is 4.24. The summed E-state index contributed by atoms with van der Waals surface area (Å²) < 4.78 is 0. The van der Waals surface area contributed by atoms with Crippen LogP contribution in [-0.4, -0.2) is 6.21 Å². The number of hydrogen-bond acceptors (Lipinski definition) is 2. The molecule has 0 aromatic heterocycles. The van der Waals surface area contributed by atoms with E-state index in [1.807, 2.05) is 6.07 Å². The summed E-state index contributed by atoms with van der Waals surface area (Å²) in [6, 6.07) is 10.3. The van der Waals surface area contributed by atoms with Crippen molar-refractivity contribution in [1.29, 1.82) is 5.26 Å². The predicted octanol–water partition coefficient (Wildman–Crippen LogP) is 3.69. The molecule has 1 aromatic rings. The van der Waals surface area contributed by atoms with E-state index >= 15 is 0 Å². The summed E-state index contributed by atoms with van der Waals surface area (Å²) >= 11 is 0. The van der Waals surface area contributed by atoms with Gasteiger partial charge in [-0.2, -0.15) is 5.26 Å². The second-order valence-corrected chi connectivity index (χ2v) is 4.24. The lowest BCUT2D eigenvalue weighted by Crippen LogP contribution is -1.86. The minimum Gasteiger partial charge on any atom is -0.246 e. The fourth-order valence-corrected chi connectivity index (χ4v) is 1.65. The maximum absolute atomic E-state index is 8.53. The third kappa shape index (κ3) is 2.92. The van der Waals surface area contributed by atoms with Crippen LogP contribution in [0.4, 0.5) is 0 Å². The molecule has 0 saturated heterocycles. The van der Waals surface area contributed by atoms with Gasteiger partial charge in [0.1, 0.15) is 11.8 Å². The third-order valence-electron chi connectivity index (χ3n) is 2.84. The molecule has 84 valence electrons. The van der Waals surface area contributed by atoms with Crippen molar-refractivity contribution in [3.05, 3.63) is 54.2 Å². The monoisotopic (exact) mass is 222 g/mol. The second kappa shape index (κ2) is 4.80. The molecule has 0 unspecified atom stereocenters. The molecule has 2 heteroatoms. The van der Waals surface area contributed by atoms with Crippen molar-refractivity contribution in [3.63, 3.8) is 0 Å². The summed E-state index contributed by atoms with van der Waals surface area (Å²) in [5.74, 6) is 0.768. The molecule has 1 aromatic carbocycles. The highest BCUT2D eigenvalue weighted by Crippen LogP contribution is 2.40. The van der Waals surface area contributed by atoms with E-state index in [4.69, 9.17) is 5.26 Å². The normalized spacial score (nSPS) is 14.5. The van der Waals surface area contributed by atoms with Gasteiger partial charge < -0.3 is 0 Å². The van der Waals surface area contributed by atoms with E-state index in [0.717, 1.165) is 17.1 Å². The van der Waals surface area contributed by atoms with Crippen LogP contribution in [-0.2, 0) is 0 Å². The topological polar surface area (TPSA) is 36.1 Å². The Morgan fingerprint density at radius 3 is 2.47 bits per heavy atom. The first-order valence-electron chi connectivity index (χ1n) is 5.63. The molecule has 2 rings (SSSR count). The smallest absolute Gasteiger partial charge is 0.133 e. The van der Waals surface area contributed by atoms with E-state index in [9.17, 15) is 0 Å². The van der Waals surface area contributed by atoms with Gasteiger partial charge >= 0.3 is 0 Å². The first-order chi connectivity index (χ1) is 8.20. The average molecular weight is 222 g/mol. The van der Waals surface area contributed by atoms with Crippen molar-refractivity contribution in [2.75, 3.05) is 0 Å². The molecule has 0 spiro atoms. The molecule has 0 aliphatic heterocycles. The maximum atomic E-state index is 8.53. The molecular weight excluding hydrogens is 208 g/mol. The van der Waals surface area contributed by atoms with E-state index in [1.54, 1.807) is 6.21 Å². The Kier molecular flexibility index (Phi) is 3.20. The highest BCUT2D eigenvalue weighted by atomic mass is 14.7. The van der Waals surface area contributed by atoms with E-state index in [0.29, 0.717) is 0 Å². The van der Waals surface area contributed by atoms with Crippen molar-refractivity contribution in [2.45, 2.75) is 18.8 Å². The van der Waals surface area contributed by atoms with E-state index in [-0.39, 0.29) is 5.70 Å². The van der Waals surface area contributed by atoms with Gasteiger partial charge in [-0.15, -0.1) is 0 Å². The van der Waals surface area contributed by atoms with Crippen LogP contribution in [0.5, 0.6) is 0 Å². The van der Waals surface area contributed by atoms with Crippen LogP contribution in [0.25, 0.3) is 5.57 Å². The summed E-state index contributed by atoms with van der Waals surface area (Å²) in [6.45, 7) is 7.41. The van der Waals surface area contributed by atoms with Crippen LogP contribution in [0.15, 0.2) is 48.1 Å². The molecular formula is C15H14N2. The van der Waals surface area contributed by atoms with Gasteiger partial charge in [0, 0.05) is 6.21 Å². The zero-order valence-corrected chi connectivity index (χ0v) is 9.69. The zero-order valence-electron chi connectivity index (χ0n) is 9.69. The Hall–Kier alpha value is -2.14. The summed E-state index contributed by atoms with van der Waals surface area (Å²) in [4.78, 5) is 3.91. The molecule has 2 nitrogen and oxygen atoms in total. The Labute approximate surface area is 102 Å². The van der Waals surface area contributed by atoms with E-state index < -0.39 is 0 Å². The number of aliphatic imine (C=N–C) groups is 1. The average Bonchev–Trinajstić information content (AvgIpc) is 3.20. The third-order valence-corrected chi connectivity index (χ3v) is 2.84. The number of rotatable bonds is 4. The van der Waals surface area contributed by atoms with Crippen LogP contribution < -0.4 is 0 Å². The van der Waals surface area contributed by atoms with Crippen molar-refractivity contribution in [1.82, 2.24) is 0 Å². The Balaban J connectivity index is 2.06. The lowest BCUT2D eigenvalue weighted by Gasteiger charge is -2.02. The predicted molar refractivity (Wildman–Crippen MR) is 70.7 cm³/mol. The molecule has 17 heavy (non-hydrogen) atoms. The fourth-order valence-electron chi connectivity index (χ4n) is 1.65. The van der Waals surface area contributed by atoms with Crippen LogP contribution in [0.1, 0.15) is 29.9 Å². The quantitative estimate of drug-likeness (QED) is 0.565. The minimum atomic E-state index is 0.195. The molecule has 0 amide bonds. The molecule has 0 bridgehead atoms. The molecule has 0 heterocycles. The summed E-state index contributed by atoms with van der Waals surface area (Å²) in [5.41, 5.74) is 3.42. The number of allylic oxidation sites excluding steroid dienone is 2. The molecule has 0 radical (unpaired) electrons. The van der Waals surface area contributed by atoms with Crippen molar-refractivity contribution in [2.24, 2.45) is 4.99 Å². The van der Waals surface area contributed by atoms with E-state index in [1.165, 1.54) is 18.4 Å². The summed E-state index contributed by atoms with van der Waals surface area (Å²) in [6.07, 6.45) is 4.20. The van der Waals surface area contributed by atoms with Crippen LogP contribution in [0.2, 0.25) is 0 Å². The van der Waals surface area contributed by atoms with E-state index in [2.05, 4.69) is 42.4 Å². The van der Waals surface area contributed by atoms with Crippen LogP contribution >= 0.6 is 0 Å². The van der Waals surface area contributed by atoms with Gasteiger partial charge in [-0.25, -0.2) is 4.99 Å². The zero-order chi connectivity index (χ0) is 12.3. The van der Waals surface area contributed by atoms with Crippen molar-refractivity contribution < 1.29 is 0 Å². The Bertz CT molecular complexity index is 511. The summed E-state index contributed by atoms with van der Waals surface area (Å²) in [7, 11) is 0. The van der Waals surface area contributed by atoms with Crippen LogP contribution in [0.3, 0.4) is 0 Å². The molecule has 1 saturated carbocycles. The molecule has 0 atom stereocenters. The van der Waals surface area contributed by atoms with Gasteiger partial charge in [0.25, 0.3) is 0 Å². The Morgan fingerprint density at radius 2 is 1.94 bits per heavy atom. The van der Waals surface area contributed by atoms with Crippen LogP contribution in [0, 0.1) is 11.3 Å². The molecule has 0 N–H and O–H groups in total. The molecule has 1 aliphatic carbocycles. The first-order valence-corrected chi connectivity index (χ1v) is 5.63. The van der Waals surface area contributed by atoms with Gasteiger partial charge in [0.2, 0.25) is 0 Å². The van der Waals surface area contributed by atoms with Gasteiger partial charge in [0.15, 0.2) is 0 Å². The van der Waals surface area contributed by atoms with Gasteiger partial charge in [-0.3, -0.25) is 0 Å². The number of hydrogen-bond donors (Lipinski definition) is 0. The standard InChI is InChI=1S/C15H14N2/c1-11(10-17-12(2)9-16)13-3-5-14(6-4-13)15-7-8-15/h3-6,10,15H,1-2,7-8H2/b17-10+. The molecule has 1 aliphatic rings. The van der Waals surface area contributed by atoms with Gasteiger partial charge in [-0.05, 0) is 35.5 Å². The lowest BCUT2D eigenvalue weighted by atomic mass is 10.0. The first kappa shape index (κ1) is 11.3. The van der Waals surface area contributed by atoms with Crippen molar-refractivity contribution in [3.8, 4) is 6.07 Å². The van der Waals surface area contributed by atoms with Gasteiger partial charge in [0.05, 0.1) is 0 Å². The SMILES string of the molecule is C=C(C#N)/N=C/C(=C)c1ccc(C2CC2)cc1. The molecule has 1 fully saturated rings. The van der Waals surface area contributed by atoms with Gasteiger partial charge in [-0.1, -0.05) is 37.4 Å². The lowest BCUT2D eigenvalue weighted by molar-refractivity contribution is 1.13. The number of benzene rings is 1. The number of nitrogens with zero attached hydrogens (tertiary/aromatic N) is 2. The highest BCUT2D eigenvalue weighted by Gasteiger charge is 2.22. The largest absolute Gasteiger partial charge is 0.246 e. The number of nitriles is 1.